The number of aliphatic hydroxyl groups is 1. The Morgan fingerprint density at radius 3 is 2.95 bits per heavy atom. The van der Waals surface area contributed by atoms with E-state index in [9.17, 15) is 9.50 Å². The van der Waals surface area contributed by atoms with Crippen molar-refractivity contribution < 1.29 is 9.50 Å². The van der Waals surface area contributed by atoms with Gasteiger partial charge in [0, 0.05) is 21.9 Å². The predicted molar refractivity (Wildman–Crippen MR) is 84.3 cm³/mol. The van der Waals surface area contributed by atoms with Gasteiger partial charge in [-0.2, -0.15) is 11.8 Å². The van der Waals surface area contributed by atoms with Crippen molar-refractivity contribution in [3.05, 3.63) is 56.0 Å². The molecule has 20 heavy (non-hydrogen) atoms. The molecule has 1 aromatic carbocycles. The van der Waals surface area contributed by atoms with Crippen molar-refractivity contribution in [2.24, 2.45) is 0 Å². The molecule has 1 unspecified atom stereocenters. The first-order valence-corrected chi connectivity index (χ1v) is 8.79. The summed E-state index contributed by atoms with van der Waals surface area (Å²) in [5.74, 6) is 1.78. The van der Waals surface area contributed by atoms with E-state index in [4.69, 9.17) is 11.6 Å². The monoisotopic (exact) mass is 328 g/mol. The number of rotatable bonds is 3. The van der Waals surface area contributed by atoms with Crippen molar-refractivity contribution in [1.82, 2.24) is 0 Å². The Morgan fingerprint density at radius 1 is 1.35 bits per heavy atom. The van der Waals surface area contributed by atoms with Gasteiger partial charge >= 0.3 is 0 Å². The second kappa shape index (κ2) is 6.06. The van der Waals surface area contributed by atoms with Crippen LogP contribution in [0.25, 0.3) is 0 Å². The van der Waals surface area contributed by atoms with Crippen molar-refractivity contribution >= 4 is 34.7 Å². The summed E-state index contributed by atoms with van der Waals surface area (Å²) in [6, 6.07) is 6.72. The van der Waals surface area contributed by atoms with Crippen LogP contribution in [0.2, 0.25) is 5.02 Å². The molecule has 2 aromatic rings. The summed E-state index contributed by atoms with van der Waals surface area (Å²) in [5.41, 5.74) is 2.21. The molecule has 0 fully saturated rings. The summed E-state index contributed by atoms with van der Waals surface area (Å²) < 4.78 is 13.1. The van der Waals surface area contributed by atoms with Crippen molar-refractivity contribution in [3.8, 4) is 0 Å². The average Bonchev–Trinajstić information content (AvgIpc) is 2.87. The maximum absolute atomic E-state index is 13.1. The number of benzene rings is 1. The van der Waals surface area contributed by atoms with E-state index in [1.54, 1.807) is 23.5 Å². The van der Waals surface area contributed by atoms with Crippen LogP contribution in [0.4, 0.5) is 4.39 Å². The second-order valence-corrected chi connectivity index (χ2v) is 7.55. The molecule has 0 spiro atoms. The molecule has 0 bridgehead atoms. The highest BCUT2D eigenvalue weighted by atomic mass is 35.5. The molecule has 1 N–H and O–H groups in total. The van der Waals surface area contributed by atoms with E-state index in [-0.39, 0.29) is 5.02 Å². The predicted octanol–water partition coefficient (Wildman–Crippen LogP) is 4.61. The Morgan fingerprint density at radius 2 is 2.20 bits per heavy atom. The summed E-state index contributed by atoms with van der Waals surface area (Å²) in [7, 11) is 0. The number of thiophene rings is 1. The van der Waals surface area contributed by atoms with Crippen molar-refractivity contribution in [1.29, 1.82) is 0 Å². The molecule has 0 amide bonds. The number of hydrogen-bond acceptors (Lipinski definition) is 3. The third-order valence-corrected chi connectivity index (χ3v) is 6.02. The van der Waals surface area contributed by atoms with E-state index in [2.05, 4.69) is 6.07 Å². The number of thioether (sulfide) groups is 1. The van der Waals surface area contributed by atoms with Crippen LogP contribution >= 0.6 is 34.7 Å². The molecule has 1 aliphatic rings. The van der Waals surface area contributed by atoms with E-state index in [1.807, 2.05) is 11.8 Å². The summed E-state index contributed by atoms with van der Waals surface area (Å²) in [6.07, 6.45) is 1.02. The minimum atomic E-state index is -0.544. The first-order chi connectivity index (χ1) is 9.63. The number of aliphatic hydroxyl groups excluding tert-OH is 1. The molecular formula is C15H14ClFOS2. The minimum Gasteiger partial charge on any atom is -0.387 e. The summed E-state index contributed by atoms with van der Waals surface area (Å²) in [5, 5.41) is 10.5. The number of halogens is 2. The Balaban J connectivity index is 1.76. The van der Waals surface area contributed by atoms with Crippen LogP contribution in [-0.2, 0) is 18.6 Å². The maximum atomic E-state index is 13.1. The van der Waals surface area contributed by atoms with Gasteiger partial charge in [-0.1, -0.05) is 17.7 Å². The van der Waals surface area contributed by atoms with Gasteiger partial charge in [0.1, 0.15) is 5.82 Å². The highest BCUT2D eigenvalue weighted by Gasteiger charge is 2.18. The first-order valence-electron chi connectivity index (χ1n) is 6.44. The molecule has 0 radical (unpaired) electrons. The molecule has 1 atom stereocenters. The summed E-state index contributed by atoms with van der Waals surface area (Å²) in [6.45, 7) is 0. The summed E-state index contributed by atoms with van der Waals surface area (Å²) in [4.78, 5) is 2.40. The van der Waals surface area contributed by atoms with Crippen LogP contribution in [0, 0.1) is 5.82 Å². The van der Waals surface area contributed by atoms with Crippen LogP contribution in [0.3, 0.4) is 0 Å². The third kappa shape index (κ3) is 3.03. The zero-order chi connectivity index (χ0) is 14.1. The summed E-state index contributed by atoms with van der Waals surface area (Å²) >= 11 is 9.40. The Bertz CT molecular complexity index is 603. The van der Waals surface area contributed by atoms with Gasteiger partial charge in [0.2, 0.25) is 0 Å². The average molecular weight is 329 g/mol. The second-order valence-electron chi connectivity index (χ2n) is 4.87. The van der Waals surface area contributed by atoms with Gasteiger partial charge in [-0.25, -0.2) is 4.39 Å². The van der Waals surface area contributed by atoms with E-state index in [1.165, 1.54) is 16.5 Å². The molecule has 0 aliphatic carbocycles. The Labute approximate surface area is 130 Å². The van der Waals surface area contributed by atoms with E-state index >= 15 is 0 Å². The van der Waals surface area contributed by atoms with Gasteiger partial charge < -0.3 is 5.11 Å². The highest BCUT2D eigenvalue weighted by molar-refractivity contribution is 7.98. The molecule has 106 valence electrons. The molecule has 2 heterocycles. The minimum absolute atomic E-state index is 0.108. The zero-order valence-electron chi connectivity index (χ0n) is 10.7. The van der Waals surface area contributed by atoms with Gasteiger partial charge in [0.25, 0.3) is 0 Å². The smallest absolute Gasteiger partial charge is 0.141 e. The number of fused-ring (bicyclic) bond motifs is 1. The SMILES string of the molecule is OC(Cc1ccc(F)c(Cl)c1)c1cc2c(s1)CCSC2. The molecule has 1 aromatic heterocycles. The van der Waals surface area contributed by atoms with Crippen molar-refractivity contribution in [2.75, 3.05) is 5.75 Å². The molecule has 3 rings (SSSR count). The largest absolute Gasteiger partial charge is 0.387 e. The fourth-order valence-electron chi connectivity index (χ4n) is 2.32. The highest BCUT2D eigenvalue weighted by Crippen LogP contribution is 2.35. The fraction of sp³-hybridized carbons (Fsp3) is 0.333. The van der Waals surface area contributed by atoms with Gasteiger partial charge in [0.05, 0.1) is 11.1 Å². The number of aryl methyl sites for hydroxylation is 1. The molecule has 1 aliphatic heterocycles. The standard InChI is InChI=1S/C15H14ClFOS2/c16-11-5-9(1-2-12(11)17)6-13(18)15-7-10-8-19-4-3-14(10)20-15/h1-2,5,7,13,18H,3-4,6,8H2. The zero-order valence-corrected chi connectivity index (χ0v) is 13.1. The van der Waals surface area contributed by atoms with Gasteiger partial charge in [-0.3, -0.25) is 0 Å². The lowest BCUT2D eigenvalue weighted by Crippen LogP contribution is -2.00. The van der Waals surface area contributed by atoms with Gasteiger partial charge in [-0.15, -0.1) is 11.3 Å². The lowest BCUT2D eigenvalue weighted by molar-refractivity contribution is 0.182. The van der Waals surface area contributed by atoms with Crippen LogP contribution < -0.4 is 0 Å². The van der Waals surface area contributed by atoms with E-state index in [0.29, 0.717) is 6.42 Å². The normalized spacial score (nSPS) is 15.9. The van der Waals surface area contributed by atoms with Crippen molar-refractivity contribution in [3.63, 3.8) is 0 Å². The molecule has 1 nitrogen and oxygen atoms in total. The number of hydrogen-bond donors (Lipinski definition) is 1. The molecule has 0 saturated carbocycles. The van der Waals surface area contributed by atoms with Crippen LogP contribution in [-0.4, -0.2) is 10.9 Å². The van der Waals surface area contributed by atoms with Crippen molar-refractivity contribution in [2.45, 2.75) is 24.7 Å². The van der Waals surface area contributed by atoms with Crippen LogP contribution in [0.1, 0.15) is 27.0 Å². The lowest BCUT2D eigenvalue weighted by atomic mass is 10.1. The molecule has 0 saturated heterocycles. The maximum Gasteiger partial charge on any atom is 0.141 e. The Hall–Kier alpha value is -0.550. The quantitative estimate of drug-likeness (QED) is 0.888. The lowest BCUT2D eigenvalue weighted by Gasteiger charge is -2.09. The van der Waals surface area contributed by atoms with Crippen LogP contribution in [0.5, 0.6) is 0 Å². The molecular weight excluding hydrogens is 315 g/mol. The topological polar surface area (TPSA) is 20.2 Å². The van der Waals surface area contributed by atoms with Gasteiger partial charge in [0.15, 0.2) is 0 Å². The third-order valence-electron chi connectivity index (χ3n) is 3.39. The fourth-order valence-corrected chi connectivity index (χ4v) is 4.89. The van der Waals surface area contributed by atoms with E-state index < -0.39 is 11.9 Å². The Kier molecular flexibility index (Phi) is 4.36. The van der Waals surface area contributed by atoms with E-state index in [0.717, 1.165) is 28.4 Å². The van der Waals surface area contributed by atoms with Crippen LogP contribution in [0.15, 0.2) is 24.3 Å². The van der Waals surface area contributed by atoms with Gasteiger partial charge in [-0.05, 0) is 41.5 Å². The molecule has 5 heteroatoms. The first kappa shape index (κ1) is 14.4.